The average molecular weight is 550 g/mol. The molecule has 0 atom stereocenters. The molecule has 0 fully saturated rings. The summed E-state index contributed by atoms with van der Waals surface area (Å²) in [5.74, 6) is -0.630. The maximum absolute atomic E-state index is 13.4. The van der Waals surface area contributed by atoms with E-state index in [1.165, 1.54) is 13.2 Å². The molecule has 0 aliphatic rings. The lowest BCUT2D eigenvalue weighted by molar-refractivity contribution is 0.0680. The van der Waals surface area contributed by atoms with Crippen LogP contribution in [0, 0.1) is 5.82 Å². The molecule has 0 saturated carbocycles. The first-order chi connectivity index (χ1) is 18.8. The van der Waals surface area contributed by atoms with Crippen LogP contribution in [0.1, 0.15) is 15.9 Å². The number of rotatable bonds is 11. The molecular formula is C30H28FNO6S. The third-order valence-electron chi connectivity index (χ3n) is 5.99. The molecule has 0 saturated heterocycles. The molecular weight excluding hydrogens is 521 g/mol. The number of hydrogen-bond donors (Lipinski definition) is 0. The number of hydrogen-bond acceptors (Lipinski definition) is 6. The number of benzene rings is 4. The lowest BCUT2D eigenvalue weighted by Gasteiger charge is -2.23. The van der Waals surface area contributed by atoms with Crippen LogP contribution in [0.3, 0.4) is 0 Å². The van der Waals surface area contributed by atoms with Crippen LogP contribution in [0.4, 0.5) is 4.39 Å². The molecule has 0 N–H and O–H groups in total. The van der Waals surface area contributed by atoms with Gasteiger partial charge in [0.1, 0.15) is 10.7 Å². The van der Waals surface area contributed by atoms with Gasteiger partial charge in [-0.1, -0.05) is 48.5 Å². The molecule has 0 aromatic heterocycles. The second-order valence-electron chi connectivity index (χ2n) is 8.64. The summed E-state index contributed by atoms with van der Waals surface area (Å²) >= 11 is 0. The predicted molar refractivity (Wildman–Crippen MR) is 146 cm³/mol. The molecule has 0 bridgehead atoms. The number of ether oxygens (including phenoxy) is 2. The van der Waals surface area contributed by atoms with E-state index in [1.807, 2.05) is 42.5 Å². The third kappa shape index (κ3) is 7.01. The highest BCUT2D eigenvalue weighted by Crippen LogP contribution is 2.31. The molecule has 1 amide bonds. The van der Waals surface area contributed by atoms with Crippen LogP contribution in [-0.4, -0.2) is 46.6 Å². The van der Waals surface area contributed by atoms with Crippen molar-refractivity contribution >= 4 is 16.0 Å². The predicted octanol–water partition coefficient (Wildman–Crippen LogP) is 5.56. The van der Waals surface area contributed by atoms with Crippen LogP contribution >= 0.6 is 0 Å². The van der Waals surface area contributed by atoms with Crippen molar-refractivity contribution in [1.82, 2.24) is 4.90 Å². The first-order valence-corrected chi connectivity index (χ1v) is 13.5. The molecule has 7 nitrogen and oxygen atoms in total. The number of carbonyl (C=O) groups is 1. The molecule has 0 spiro atoms. The standard InChI is InChI=1S/C30H28FNO6S/c1-36-19-18-32(30(33)25-11-9-24(10-12-25)23-6-4-3-5-7-23)21-22-8-17-28(37-2)29(20-22)38-39(34,35)27-15-13-26(31)14-16-27/h3-17,20H,18-19,21H2,1-2H3. The van der Waals surface area contributed by atoms with Gasteiger partial charge < -0.3 is 18.6 Å². The van der Waals surface area contributed by atoms with Gasteiger partial charge in [0, 0.05) is 25.8 Å². The van der Waals surface area contributed by atoms with Gasteiger partial charge in [-0.3, -0.25) is 4.79 Å². The minimum Gasteiger partial charge on any atom is -0.493 e. The minimum absolute atomic E-state index is 0.0503. The Balaban J connectivity index is 1.57. The van der Waals surface area contributed by atoms with E-state index in [1.54, 1.807) is 36.3 Å². The summed E-state index contributed by atoms with van der Waals surface area (Å²) < 4.78 is 54.7. The van der Waals surface area contributed by atoms with E-state index in [4.69, 9.17) is 13.7 Å². The highest BCUT2D eigenvalue weighted by molar-refractivity contribution is 7.87. The SMILES string of the molecule is COCCN(Cc1ccc(OC)c(OS(=O)(=O)c2ccc(F)cc2)c1)C(=O)c1ccc(-c2ccccc2)cc1. The number of halogens is 1. The molecule has 0 aliphatic heterocycles. The zero-order valence-corrected chi connectivity index (χ0v) is 22.4. The fourth-order valence-electron chi connectivity index (χ4n) is 3.94. The Morgan fingerprint density at radius 1 is 0.821 bits per heavy atom. The molecule has 0 radical (unpaired) electrons. The minimum atomic E-state index is -4.26. The second-order valence-corrected chi connectivity index (χ2v) is 10.2. The number of amides is 1. The van der Waals surface area contributed by atoms with Gasteiger partial charge in [-0.2, -0.15) is 8.42 Å². The van der Waals surface area contributed by atoms with E-state index in [0.29, 0.717) is 24.3 Å². The Morgan fingerprint density at radius 2 is 1.49 bits per heavy atom. The summed E-state index contributed by atoms with van der Waals surface area (Å²) in [5.41, 5.74) is 3.17. The van der Waals surface area contributed by atoms with Crippen LogP contribution in [0.2, 0.25) is 0 Å². The van der Waals surface area contributed by atoms with Gasteiger partial charge in [-0.05, 0) is 65.2 Å². The second kappa shape index (κ2) is 12.6. The van der Waals surface area contributed by atoms with Gasteiger partial charge in [0.05, 0.1) is 13.7 Å². The van der Waals surface area contributed by atoms with Crippen molar-refractivity contribution < 1.29 is 31.3 Å². The molecule has 4 rings (SSSR count). The largest absolute Gasteiger partial charge is 0.493 e. The van der Waals surface area contributed by atoms with Crippen molar-refractivity contribution in [2.75, 3.05) is 27.4 Å². The summed E-state index contributed by atoms with van der Waals surface area (Å²) in [4.78, 5) is 14.9. The van der Waals surface area contributed by atoms with Gasteiger partial charge in [0.25, 0.3) is 5.91 Å². The van der Waals surface area contributed by atoms with Crippen molar-refractivity contribution in [1.29, 1.82) is 0 Å². The topological polar surface area (TPSA) is 82.1 Å². The van der Waals surface area contributed by atoms with Crippen molar-refractivity contribution in [3.8, 4) is 22.6 Å². The third-order valence-corrected chi connectivity index (χ3v) is 7.24. The zero-order chi connectivity index (χ0) is 27.8. The van der Waals surface area contributed by atoms with Gasteiger partial charge in [-0.25, -0.2) is 4.39 Å². The van der Waals surface area contributed by atoms with E-state index in [-0.39, 0.29) is 28.8 Å². The maximum Gasteiger partial charge on any atom is 0.339 e. The van der Waals surface area contributed by atoms with Crippen molar-refractivity contribution in [3.63, 3.8) is 0 Å². The average Bonchev–Trinajstić information content (AvgIpc) is 2.95. The molecule has 202 valence electrons. The zero-order valence-electron chi connectivity index (χ0n) is 21.5. The van der Waals surface area contributed by atoms with Crippen LogP contribution < -0.4 is 8.92 Å². The summed E-state index contributed by atoms with van der Waals surface area (Å²) in [6.07, 6.45) is 0. The normalized spacial score (nSPS) is 11.2. The van der Waals surface area contributed by atoms with Crippen LogP contribution in [0.25, 0.3) is 11.1 Å². The van der Waals surface area contributed by atoms with Gasteiger partial charge >= 0.3 is 10.1 Å². The van der Waals surface area contributed by atoms with E-state index in [9.17, 15) is 17.6 Å². The Morgan fingerprint density at radius 3 is 2.13 bits per heavy atom. The fraction of sp³-hybridized carbons (Fsp3) is 0.167. The summed E-state index contributed by atoms with van der Waals surface area (Å²) in [6.45, 7) is 0.789. The summed E-state index contributed by atoms with van der Waals surface area (Å²) in [6, 6.07) is 26.3. The van der Waals surface area contributed by atoms with E-state index in [2.05, 4.69) is 0 Å². The molecule has 0 heterocycles. The lowest BCUT2D eigenvalue weighted by Crippen LogP contribution is -2.33. The first-order valence-electron chi connectivity index (χ1n) is 12.1. The van der Waals surface area contributed by atoms with E-state index in [0.717, 1.165) is 35.4 Å². The van der Waals surface area contributed by atoms with E-state index >= 15 is 0 Å². The van der Waals surface area contributed by atoms with Gasteiger partial charge in [0.2, 0.25) is 0 Å². The number of nitrogens with zero attached hydrogens (tertiary/aromatic N) is 1. The quantitative estimate of drug-likeness (QED) is 0.228. The highest BCUT2D eigenvalue weighted by Gasteiger charge is 2.21. The van der Waals surface area contributed by atoms with Crippen LogP contribution in [0.5, 0.6) is 11.5 Å². The van der Waals surface area contributed by atoms with Crippen molar-refractivity contribution in [2.24, 2.45) is 0 Å². The van der Waals surface area contributed by atoms with Gasteiger partial charge in [0.15, 0.2) is 11.5 Å². The maximum atomic E-state index is 13.4. The molecule has 4 aromatic carbocycles. The summed E-state index contributed by atoms with van der Waals surface area (Å²) in [5, 5.41) is 0. The smallest absolute Gasteiger partial charge is 0.339 e. The molecule has 0 aliphatic carbocycles. The van der Waals surface area contributed by atoms with E-state index < -0.39 is 15.9 Å². The lowest BCUT2D eigenvalue weighted by atomic mass is 10.0. The van der Waals surface area contributed by atoms with Crippen molar-refractivity contribution in [2.45, 2.75) is 11.4 Å². The number of carbonyl (C=O) groups excluding carboxylic acids is 1. The molecule has 39 heavy (non-hydrogen) atoms. The molecule has 4 aromatic rings. The fourth-order valence-corrected chi connectivity index (χ4v) is 4.88. The van der Waals surface area contributed by atoms with Gasteiger partial charge in [-0.15, -0.1) is 0 Å². The Bertz CT molecular complexity index is 1510. The Kier molecular flexibility index (Phi) is 8.96. The Hall–Kier alpha value is -4.21. The first kappa shape index (κ1) is 27.8. The van der Waals surface area contributed by atoms with Crippen molar-refractivity contribution in [3.05, 3.63) is 114 Å². The highest BCUT2D eigenvalue weighted by atomic mass is 32.2. The monoisotopic (exact) mass is 549 g/mol. The molecule has 0 unspecified atom stereocenters. The van der Waals surface area contributed by atoms with Crippen LogP contribution in [-0.2, 0) is 21.4 Å². The number of methoxy groups -OCH3 is 2. The Labute approximate surface area is 227 Å². The summed E-state index contributed by atoms with van der Waals surface area (Å²) in [7, 11) is -1.31. The molecule has 9 heteroatoms. The van der Waals surface area contributed by atoms with Crippen LogP contribution in [0.15, 0.2) is 102 Å².